The van der Waals surface area contributed by atoms with Gasteiger partial charge < -0.3 is 9.47 Å². The maximum Gasteiger partial charge on any atom is 0.307 e. The first-order valence-corrected chi connectivity index (χ1v) is 8.56. The molecule has 4 nitrogen and oxygen atoms in total. The fourth-order valence-corrected chi connectivity index (χ4v) is 4.03. The summed E-state index contributed by atoms with van der Waals surface area (Å²) in [6.07, 6.45) is 5.31. The summed E-state index contributed by atoms with van der Waals surface area (Å²) in [5.41, 5.74) is 0.00319. The fraction of sp³-hybridized carbons (Fsp3) is 0.941. The van der Waals surface area contributed by atoms with Crippen molar-refractivity contribution >= 4 is 5.97 Å². The predicted octanol–water partition coefficient (Wildman–Crippen LogP) is 2.86. The number of nitrogens with zero attached hydrogens (tertiary/aromatic N) is 1. The fourth-order valence-electron chi connectivity index (χ4n) is 4.03. The lowest BCUT2D eigenvalue weighted by atomic mass is 9.69. The van der Waals surface area contributed by atoms with Crippen molar-refractivity contribution in [1.82, 2.24) is 4.90 Å². The number of carbonyl (C=O) groups is 1. The van der Waals surface area contributed by atoms with Crippen molar-refractivity contribution in [1.29, 1.82) is 0 Å². The predicted molar refractivity (Wildman–Crippen MR) is 83.2 cm³/mol. The summed E-state index contributed by atoms with van der Waals surface area (Å²) in [4.78, 5) is 14.7. The summed E-state index contributed by atoms with van der Waals surface area (Å²) in [6, 6.07) is 0. The van der Waals surface area contributed by atoms with Crippen LogP contribution in [0.3, 0.4) is 0 Å². The number of hydrogen-bond donors (Lipinski definition) is 0. The lowest BCUT2D eigenvalue weighted by Crippen LogP contribution is -2.57. The van der Waals surface area contributed by atoms with Crippen molar-refractivity contribution in [2.24, 2.45) is 11.8 Å². The third-order valence-electron chi connectivity index (χ3n) is 5.26. The van der Waals surface area contributed by atoms with Gasteiger partial charge in [0.05, 0.1) is 26.2 Å². The monoisotopic (exact) mass is 297 g/mol. The number of esters is 1. The molecule has 1 aliphatic carbocycles. The third-order valence-corrected chi connectivity index (χ3v) is 5.26. The molecule has 2 aliphatic rings. The maximum absolute atomic E-state index is 12.2. The van der Waals surface area contributed by atoms with Crippen molar-refractivity contribution in [3.8, 4) is 0 Å². The van der Waals surface area contributed by atoms with Gasteiger partial charge in [0.25, 0.3) is 0 Å². The van der Waals surface area contributed by atoms with Crippen LogP contribution < -0.4 is 0 Å². The van der Waals surface area contributed by atoms with Crippen molar-refractivity contribution in [2.45, 2.75) is 58.4 Å². The van der Waals surface area contributed by atoms with E-state index in [0.29, 0.717) is 18.9 Å². The number of ether oxygens (including phenoxy) is 2. The normalized spacial score (nSPS) is 31.3. The second-order valence-corrected chi connectivity index (χ2v) is 6.91. The third kappa shape index (κ3) is 4.19. The topological polar surface area (TPSA) is 38.8 Å². The van der Waals surface area contributed by atoms with E-state index in [9.17, 15) is 4.79 Å². The number of rotatable bonds is 5. The average molecular weight is 297 g/mol. The van der Waals surface area contributed by atoms with E-state index >= 15 is 0 Å². The minimum Gasteiger partial charge on any atom is -0.466 e. The SMILES string of the molecule is CCOC(=O)CC1(N2CCOCC2)CCCC(C(C)C)C1. The molecule has 0 aromatic carbocycles. The first-order valence-electron chi connectivity index (χ1n) is 8.56. The molecule has 1 saturated carbocycles. The Morgan fingerprint density at radius 3 is 2.71 bits per heavy atom. The Bertz CT molecular complexity index is 339. The highest BCUT2D eigenvalue weighted by Gasteiger charge is 2.44. The molecule has 21 heavy (non-hydrogen) atoms. The highest BCUT2D eigenvalue weighted by molar-refractivity contribution is 5.71. The molecule has 4 heteroatoms. The average Bonchev–Trinajstić information content (AvgIpc) is 2.48. The van der Waals surface area contributed by atoms with Crippen LogP contribution in [-0.4, -0.2) is 49.3 Å². The zero-order valence-corrected chi connectivity index (χ0v) is 13.9. The van der Waals surface area contributed by atoms with Crippen LogP contribution in [0.15, 0.2) is 0 Å². The molecule has 2 unspecified atom stereocenters. The van der Waals surface area contributed by atoms with Gasteiger partial charge in [0.1, 0.15) is 0 Å². The van der Waals surface area contributed by atoms with E-state index in [1.807, 2.05) is 6.92 Å². The van der Waals surface area contributed by atoms with Crippen molar-refractivity contribution in [3.05, 3.63) is 0 Å². The molecule has 122 valence electrons. The highest BCUT2D eigenvalue weighted by Crippen LogP contribution is 2.42. The number of morpholine rings is 1. The first-order chi connectivity index (χ1) is 10.1. The van der Waals surface area contributed by atoms with E-state index in [1.54, 1.807) is 0 Å². The Labute approximate surface area is 129 Å². The first kappa shape index (κ1) is 16.8. The van der Waals surface area contributed by atoms with Gasteiger partial charge in [0, 0.05) is 18.6 Å². The summed E-state index contributed by atoms with van der Waals surface area (Å²) in [6.45, 7) is 10.5. The van der Waals surface area contributed by atoms with Gasteiger partial charge in [-0.1, -0.05) is 26.7 Å². The zero-order chi connectivity index (χ0) is 15.3. The standard InChI is InChI=1S/C17H31NO3/c1-4-21-16(19)13-17(18-8-10-20-11-9-18)7-5-6-15(12-17)14(2)3/h14-15H,4-13H2,1-3H3. The summed E-state index contributed by atoms with van der Waals surface area (Å²) < 4.78 is 10.8. The molecule has 0 spiro atoms. The van der Waals surface area contributed by atoms with Gasteiger partial charge in [-0.25, -0.2) is 0 Å². The van der Waals surface area contributed by atoms with Gasteiger partial charge in [-0.05, 0) is 31.6 Å². The molecule has 1 heterocycles. The Kier molecular flexibility index (Phi) is 6.06. The Balaban J connectivity index is 2.13. The summed E-state index contributed by atoms with van der Waals surface area (Å²) >= 11 is 0. The van der Waals surface area contributed by atoms with E-state index in [4.69, 9.17) is 9.47 Å². The molecule has 0 aromatic rings. The van der Waals surface area contributed by atoms with Gasteiger partial charge >= 0.3 is 5.97 Å². The smallest absolute Gasteiger partial charge is 0.307 e. The molecule has 2 atom stereocenters. The van der Waals surface area contributed by atoms with Crippen LogP contribution in [0.2, 0.25) is 0 Å². The minimum atomic E-state index is -0.0339. The van der Waals surface area contributed by atoms with Gasteiger partial charge in [-0.15, -0.1) is 0 Å². The second-order valence-electron chi connectivity index (χ2n) is 6.91. The van der Waals surface area contributed by atoms with Crippen LogP contribution in [0.1, 0.15) is 52.9 Å². The lowest BCUT2D eigenvalue weighted by molar-refractivity contribution is -0.149. The van der Waals surface area contributed by atoms with E-state index < -0.39 is 0 Å². The Morgan fingerprint density at radius 2 is 2.10 bits per heavy atom. The minimum absolute atomic E-state index is 0.00319. The largest absolute Gasteiger partial charge is 0.466 e. The van der Waals surface area contributed by atoms with E-state index in [2.05, 4.69) is 18.7 Å². The van der Waals surface area contributed by atoms with E-state index in [-0.39, 0.29) is 11.5 Å². The van der Waals surface area contributed by atoms with Gasteiger partial charge in [-0.2, -0.15) is 0 Å². The van der Waals surface area contributed by atoms with Crippen LogP contribution in [-0.2, 0) is 14.3 Å². The van der Waals surface area contributed by atoms with Crippen LogP contribution in [0.25, 0.3) is 0 Å². The van der Waals surface area contributed by atoms with Crippen LogP contribution in [0, 0.1) is 11.8 Å². The van der Waals surface area contributed by atoms with Crippen molar-refractivity contribution in [2.75, 3.05) is 32.9 Å². The van der Waals surface area contributed by atoms with E-state index in [0.717, 1.165) is 45.1 Å². The molecule has 2 fully saturated rings. The summed E-state index contributed by atoms with van der Waals surface area (Å²) in [5, 5.41) is 0. The van der Waals surface area contributed by atoms with E-state index in [1.165, 1.54) is 12.8 Å². The molecule has 0 N–H and O–H groups in total. The van der Waals surface area contributed by atoms with Crippen molar-refractivity contribution in [3.63, 3.8) is 0 Å². The molecular formula is C17H31NO3. The van der Waals surface area contributed by atoms with Crippen LogP contribution in [0.4, 0.5) is 0 Å². The summed E-state index contributed by atoms with van der Waals surface area (Å²) in [5.74, 6) is 1.37. The highest BCUT2D eigenvalue weighted by atomic mass is 16.5. The second kappa shape index (κ2) is 7.59. The molecular weight excluding hydrogens is 266 g/mol. The molecule has 1 saturated heterocycles. The quantitative estimate of drug-likeness (QED) is 0.732. The van der Waals surface area contributed by atoms with Crippen LogP contribution in [0.5, 0.6) is 0 Å². The zero-order valence-electron chi connectivity index (χ0n) is 13.9. The molecule has 1 aliphatic heterocycles. The van der Waals surface area contributed by atoms with Gasteiger partial charge in [0.15, 0.2) is 0 Å². The number of carbonyl (C=O) groups excluding carboxylic acids is 1. The van der Waals surface area contributed by atoms with Gasteiger partial charge in [0.2, 0.25) is 0 Å². The molecule has 0 bridgehead atoms. The van der Waals surface area contributed by atoms with Crippen LogP contribution >= 0.6 is 0 Å². The Morgan fingerprint density at radius 1 is 1.38 bits per heavy atom. The van der Waals surface area contributed by atoms with Crippen molar-refractivity contribution < 1.29 is 14.3 Å². The molecule has 0 radical (unpaired) electrons. The van der Waals surface area contributed by atoms with Gasteiger partial charge in [-0.3, -0.25) is 9.69 Å². The molecule has 0 aromatic heterocycles. The molecule has 2 rings (SSSR count). The number of hydrogen-bond acceptors (Lipinski definition) is 4. The Hall–Kier alpha value is -0.610. The maximum atomic E-state index is 12.2. The molecule has 0 amide bonds. The summed E-state index contributed by atoms with van der Waals surface area (Å²) in [7, 11) is 0. The lowest BCUT2D eigenvalue weighted by Gasteiger charge is -2.50.